The van der Waals surface area contributed by atoms with Crippen molar-refractivity contribution in [2.45, 2.75) is 6.92 Å². The van der Waals surface area contributed by atoms with Crippen LogP contribution in [0.25, 0.3) is 16.6 Å². The third-order valence-electron chi connectivity index (χ3n) is 3.93. The van der Waals surface area contributed by atoms with Crippen LogP contribution in [0.5, 0.6) is 0 Å². The van der Waals surface area contributed by atoms with Gasteiger partial charge in [0.25, 0.3) is 0 Å². The Morgan fingerprint density at radius 1 is 1.19 bits per heavy atom. The molecule has 0 spiro atoms. The van der Waals surface area contributed by atoms with Crippen LogP contribution >= 0.6 is 11.6 Å². The highest BCUT2D eigenvalue weighted by molar-refractivity contribution is 6.35. The number of aromatic nitrogens is 1. The number of benzene rings is 2. The number of carboxylic acid groups (broad SMARTS) is 1. The van der Waals surface area contributed by atoms with Gasteiger partial charge >= 0.3 is 5.97 Å². The molecule has 2 aromatic carbocycles. The summed E-state index contributed by atoms with van der Waals surface area (Å²) in [6.07, 6.45) is 0.913. The van der Waals surface area contributed by atoms with Gasteiger partial charge < -0.3 is 15.4 Å². The Bertz CT molecular complexity index is 1160. The van der Waals surface area contributed by atoms with Gasteiger partial charge in [0.15, 0.2) is 11.6 Å². The molecule has 5 nitrogen and oxygen atoms in total. The number of fused-ring (bicyclic) bond motifs is 1. The van der Waals surface area contributed by atoms with Gasteiger partial charge in [0.2, 0.25) is 5.43 Å². The SMILES string of the molecule is Cc1cc(F)c(N)cc1-n1cc(C(=O)O)c(=O)c2cc(F)c(F)c(Cl)c21. The van der Waals surface area contributed by atoms with Crippen LogP contribution in [0.15, 0.2) is 29.2 Å². The summed E-state index contributed by atoms with van der Waals surface area (Å²) in [5.74, 6) is -5.08. The highest BCUT2D eigenvalue weighted by Gasteiger charge is 2.22. The van der Waals surface area contributed by atoms with Crippen molar-refractivity contribution < 1.29 is 23.1 Å². The molecule has 0 unspecified atom stereocenters. The molecular weight excluding hydrogens is 373 g/mol. The van der Waals surface area contributed by atoms with Crippen molar-refractivity contribution in [1.82, 2.24) is 4.57 Å². The minimum Gasteiger partial charge on any atom is -0.477 e. The first-order valence-corrected chi connectivity index (χ1v) is 7.53. The van der Waals surface area contributed by atoms with Gasteiger partial charge in [0.1, 0.15) is 16.4 Å². The predicted molar refractivity (Wildman–Crippen MR) is 90.5 cm³/mol. The molecule has 3 aromatic rings. The predicted octanol–water partition coefficient (Wildman–Crippen LogP) is 3.65. The highest BCUT2D eigenvalue weighted by atomic mass is 35.5. The molecule has 3 N–H and O–H groups in total. The maximum atomic E-state index is 14.0. The number of carbonyl (C=O) groups is 1. The van der Waals surface area contributed by atoms with Crippen LogP contribution < -0.4 is 11.2 Å². The lowest BCUT2D eigenvalue weighted by Gasteiger charge is -2.17. The maximum Gasteiger partial charge on any atom is 0.341 e. The Morgan fingerprint density at radius 2 is 1.85 bits per heavy atom. The van der Waals surface area contributed by atoms with E-state index in [-0.39, 0.29) is 16.9 Å². The van der Waals surface area contributed by atoms with Crippen LogP contribution in [0.1, 0.15) is 15.9 Å². The molecule has 0 bridgehead atoms. The summed E-state index contributed by atoms with van der Waals surface area (Å²) in [5, 5.41) is 8.11. The number of anilines is 1. The number of nitrogens with two attached hydrogens (primary N) is 1. The smallest absolute Gasteiger partial charge is 0.341 e. The van der Waals surface area contributed by atoms with Gasteiger partial charge in [-0.2, -0.15) is 0 Å². The van der Waals surface area contributed by atoms with E-state index in [1.165, 1.54) is 13.0 Å². The third kappa shape index (κ3) is 2.59. The van der Waals surface area contributed by atoms with Gasteiger partial charge in [-0.25, -0.2) is 18.0 Å². The van der Waals surface area contributed by atoms with Crippen molar-refractivity contribution in [2.75, 3.05) is 5.73 Å². The molecule has 26 heavy (non-hydrogen) atoms. The average Bonchev–Trinajstić information content (AvgIpc) is 2.57. The normalized spacial score (nSPS) is 11.1. The van der Waals surface area contributed by atoms with E-state index >= 15 is 0 Å². The van der Waals surface area contributed by atoms with E-state index in [9.17, 15) is 27.9 Å². The summed E-state index contributed by atoms with van der Waals surface area (Å²) < 4.78 is 42.4. The average molecular weight is 383 g/mol. The topological polar surface area (TPSA) is 85.3 Å². The van der Waals surface area contributed by atoms with Crippen LogP contribution in [-0.2, 0) is 0 Å². The zero-order valence-electron chi connectivity index (χ0n) is 13.1. The summed E-state index contributed by atoms with van der Waals surface area (Å²) in [5.41, 5.74) is 3.78. The van der Waals surface area contributed by atoms with Crippen LogP contribution in [0, 0.1) is 24.4 Å². The van der Waals surface area contributed by atoms with Crippen molar-refractivity contribution in [2.24, 2.45) is 0 Å². The monoisotopic (exact) mass is 382 g/mol. The molecule has 1 heterocycles. The van der Waals surface area contributed by atoms with Crippen LogP contribution in [0.4, 0.5) is 18.9 Å². The number of pyridine rings is 1. The fourth-order valence-electron chi connectivity index (χ4n) is 2.67. The molecule has 0 amide bonds. The number of nitrogens with zero attached hydrogens (tertiary/aromatic N) is 1. The minimum atomic E-state index is -1.57. The number of aryl methyl sites for hydroxylation is 1. The zero-order chi connectivity index (χ0) is 19.3. The molecule has 134 valence electrons. The molecule has 0 aliphatic heterocycles. The number of aromatic carboxylic acids is 1. The van der Waals surface area contributed by atoms with Gasteiger partial charge in [-0.3, -0.25) is 4.79 Å². The summed E-state index contributed by atoms with van der Waals surface area (Å²) in [7, 11) is 0. The number of halogens is 4. The highest BCUT2D eigenvalue weighted by Crippen LogP contribution is 2.31. The van der Waals surface area contributed by atoms with Gasteiger partial charge in [-0.05, 0) is 30.7 Å². The summed E-state index contributed by atoms with van der Waals surface area (Å²) in [6, 6.07) is 2.84. The third-order valence-corrected chi connectivity index (χ3v) is 4.27. The fourth-order valence-corrected chi connectivity index (χ4v) is 2.95. The van der Waals surface area contributed by atoms with Crippen LogP contribution in [0.2, 0.25) is 5.02 Å². The van der Waals surface area contributed by atoms with E-state index in [1.807, 2.05) is 0 Å². The zero-order valence-corrected chi connectivity index (χ0v) is 13.9. The van der Waals surface area contributed by atoms with Crippen molar-refractivity contribution in [3.63, 3.8) is 0 Å². The maximum absolute atomic E-state index is 14.0. The number of hydrogen-bond acceptors (Lipinski definition) is 3. The Labute approximate surface area is 149 Å². The second-order valence-electron chi connectivity index (χ2n) is 5.59. The van der Waals surface area contributed by atoms with Crippen molar-refractivity contribution in [1.29, 1.82) is 0 Å². The Balaban J connectivity index is 2.59. The summed E-state index contributed by atoms with van der Waals surface area (Å²) >= 11 is 5.89. The van der Waals surface area contributed by atoms with Crippen LogP contribution in [0.3, 0.4) is 0 Å². The Morgan fingerprint density at radius 3 is 2.46 bits per heavy atom. The van der Waals surface area contributed by atoms with Gasteiger partial charge in [0.05, 0.1) is 22.3 Å². The largest absolute Gasteiger partial charge is 0.477 e. The van der Waals surface area contributed by atoms with Crippen LogP contribution in [-0.4, -0.2) is 15.6 Å². The molecule has 0 saturated heterocycles. The fraction of sp³-hybridized carbons (Fsp3) is 0.0588. The lowest BCUT2D eigenvalue weighted by atomic mass is 10.1. The molecule has 0 radical (unpaired) electrons. The number of nitrogen functional groups attached to an aromatic ring is 1. The minimum absolute atomic E-state index is 0.157. The second kappa shape index (κ2) is 6.06. The number of carboxylic acids is 1. The standard InChI is InChI=1S/C17H10ClF3N2O3/c1-6-2-9(19)11(22)4-12(6)23-5-8(17(25)26)16(24)7-3-10(20)14(21)13(18)15(7)23/h2-5H,22H2,1H3,(H,25,26). The molecule has 0 aliphatic carbocycles. The molecule has 0 aliphatic rings. The first-order chi connectivity index (χ1) is 12.1. The summed E-state index contributed by atoms with van der Waals surface area (Å²) in [6.45, 7) is 1.50. The lowest BCUT2D eigenvalue weighted by Crippen LogP contribution is -2.19. The first-order valence-electron chi connectivity index (χ1n) is 7.15. The number of hydrogen-bond donors (Lipinski definition) is 2. The molecule has 0 atom stereocenters. The second-order valence-corrected chi connectivity index (χ2v) is 5.97. The quantitative estimate of drug-likeness (QED) is 0.523. The lowest BCUT2D eigenvalue weighted by molar-refractivity contribution is 0.0695. The molecular formula is C17H10ClF3N2O3. The molecule has 9 heteroatoms. The van der Waals surface area contributed by atoms with E-state index < -0.39 is 44.8 Å². The van der Waals surface area contributed by atoms with Crippen molar-refractivity contribution >= 4 is 34.2 Å². The first kappa shape index (κ1) is 17.8. The molecule has 0 saturated carbocycles. The van der Waals surface area contributed by atoms with Crippen molar-refractivity contribution in [3.8, 4) is 5.69 Å². The summed E-state index contributed by atoms with van der Waals surface area (Å²) in [4.78, 5) is 23.7. The van der Waals surface area contributed by atoms with E-state index in [0.717, 1.165) is 16.8 Å². The van der Waals surface area contributed by atoms with Crippen molar-refractivity contribution in [3.05, 3.63) is 68.2 Å². The molecule has 1 aromatic heterocycles. The number of rotatable bonds is 2. The van der Waals surface area contributed by atoms with Gasteiger partial charge in [-0.15, -0.1) is 0 Å². The molecule has 0 fully saturated rings. The molecule has 3 rings (SSSR count). The van der Waals surface area contributed by atoms with E-state index in [1.54, 1.807) is 0 Å². The van der Waals surface area contributed by atoms with E-state index in [2.05, 4.69) is 0 Å². The Kier molecular flexibility index (Phi) is 4.15. The van der Waals surface area contributed by atoms with Gasteiger partial charge in [0, 0.05) is 6.20 Å². The van der Waals surface area contributed by atoms with Gasteiger partial charge in [-0.1, -0.05) is 11.6 Å². The Hall–Kier alpha value is -3.00. The van der Waals surface area contributed by atoms with E-state index in [0.29, 0.717) is 11.6 Å². The van der Waals surface area contributed by atoms with E-state index in [4.69, 9.17) is 17.3 Å².